The second kappa shape index (κ2) is 9.33. The summed E-state index contributed by atoms with van der Waals surface area (Å²) in [5.74, 6) is 7.15. The van der Waals surface area contributed by atoms with E-state index < -0.39 is 0 Å². The molecule has 0 atom stereocenters. The number of imide groups is 1. The molecule has 0 unspecified atom stereocenters. The summed E-state index contributed by atoms with van der Waals surface area (Å²) < 4.78 is 0. The molecular formula is C20H22N4O2. The number of nitrogens with one attached hydrogen (secondary N) is 1. The summed E-state index contributed by atoms with van der Waals surface area (Å²) in [5, 5.41) is 2.99. The smallest absolute Gasteiger partial charge is 0.260 e. The van der Waals surface area contributed by atoms with Gasteiger partial charge in [0, 0.05) is 31.8 Å². The van der Waals surface area contributed by atoms with Gasteiger partial charge in [0.05, 0.1) is 5.56 Å². The molecule has 2 aromatic rings. The van der Waals surface area contributed by atoms with Gasteiger partial charge in [0.2, 0.25) is 6.41 Å². The molecule has 2 amide bonds. The number of benzene rings is 1. The third-order valence-corrected chi connectivity index (χ3v) is 3.83. The lowest BCUT2D eigenvalue weighted by Crippen LogP contribution is -2.31. The predicted molar refractivity (Wildman–Crippen MR) is 101 cm³/mol. The monoisotopic (exact) mass is 350 g/mol. The van der Waals surface area contributed by atoms with Gasteiger partial charge in [-0.2, -0.15) is 0 Å². The first kappa shape index (κ1) is 19.1. The predicted octanol–water partition coefficient (Wildman–Crippen LogP) is 2.57. The highest BCUT2D eigenvalue weighted by Gasteiger charge is 2.15. The maximum Gasteiger partial charge on any atom is 0.260 e. The van der Waals surface area contributed by atoms with E-state index in [1.54, 1.807) is 25.4 Å². The van der Waals surface area contributed by atoms with E-state index in [0.29, 0.717) is 43.0 Å². The van der Waals surface area contributed by atoms with Crippen molar-refractivity contribution < 1.29 is 9.59 Å². The van der Waals surface area contributed by atoms with Gasteiger partial charge in [0.1, 0.15) is 11.6 Å². The molecule has 0 saturated heterocycles. The lowest BCUT2D eigenvalue weighted by atomic mass is 10.1. The number of unbranched alkanes of at least 4 members (excludes halogenated alkanes) is 1. The Hall–Kier alpha value is -3.20. The molecule has 1 heterocycles. The molecule has 1 N–H and O–H groups in total. The van der Waals surface area contributed by atoms with Crippen LogP contribution in [0.15, 0.2) is 30.5 Å². The fraction of sp³-hybridized carbons (Fsp3) is 0.300. The minimum Gasteiger partial charge on any atom is -0.372 e. The zero-order valence-corrected chi connectivity index (χ0v) is 15.2. The van der Waals surface area contributed by atoms with Crippen molar-refractivity contribution in [3.63, 3.8) is 0 Å². The molecule has 0 bridgehead atoms. The van der Waals surface area contributed by atoms with Crippen LogP contribution < -0.4 is 5.32 Å². The number of nitrogens with zero attached hydrogens (tertiary/aromatic N) is 3. The number of hydrogen-bond acceptors (Lipinski definition) is 5. The van der Waals surface area contributed by atoms with E-state index in [2.05, 4.69) is 27.1 Å². The molecule has 0 aliphatic heterocycles. The van der Waals surface area contributed by atoms with Gasteiger partial charge in [-0.1, -0.05) is 30.0 Å². The van der Waals surface area contributed by atoms with Gasteiger partial charge >= 0.3 is 0 Å². The zero-order valence-electron chi connectivity index (χ0n) is 15.2. The maximum absolute atomic E-state index is 12.4. The lowest BCUT2D eigenvalue weighted by Gasteiger charge is -2.16. The molecule has 0 radical (unpaired) electrons. The number of carbonyl (C=O) groups excluding carboxylic acids is 2. The number of carbonyl (C=O) groups is 2. The van der Waals surface area contributed by atoms with E-state index in [-0.39, 0.29) is 5.91 Å². The summed E-state index contributed by atoms with van der Waals surface area (Å²) in [5.41, 5.74) is 2.12. The van der Waals surface area contributed by atoms with Crippen LogP contribution in [-0.2, 0) is 4.79 Å². The molecule has 1 aromatic carbocycles. The van der Waals surface area contributed by atoms with Gasteiger partial charge in [-0.25, -0.2) is 9.97 Å². The fourth-order valence-electron chi connectivity index (χ4n) is 2.42. The highest BCUT2D eigenvalue weighted by atomic mass is 16.2. The molecule has 0 aliphatic rings. The minimum absolute atomic E-state index is 0.282. The Morgan fingerprint density at radius 1 is 1.31 bits per heavy atom. The van der Waals surface area contributed by atoms with Crippen LogP contribution in [0, 0.1) is 25.7 Å². The number of anilines is 1. The first-order chi connectivity index (χ1) is 12.6. The van der Waals surface area contributed by atoms with Crippen LogP contribution in [0.2, 0.25) is 0 Å². The largest absolute Gasteiger partial charge is 0.372 e. The van der Waals surface area contributed by atoms with Crippen molar-refractivity contribution in [1.82, 2.24) is 14.9 Å². The minimum atomic E-state index is -0.282. The van der Waals surface area contributed by atoms with Crippen molar-refractivity contribution in [3.8, 4) is 11.8 Å². The lowest BCUT2D eigenvalue weighted by molar-refractivity contribution is -0.116. The van der Waals surface area contributed by atoms with Crippen LogP contribution in [0.4, 0.5) is 5.82 Å². The first-order valence-electron chi connectivity index (χ1n) is 8.39. The molecule has 0 fully saturated rings. The van der Waals surface area contributed by atoms with Crippen LogP contribution >= 0.6 is 0 Å². The van der Waals surface area contributed by atoms with Gasteiger partial charge in [0.15, 0.2) is 0 Å². The second-order valence-corrected chi connectivity index (χ2v) is 5.75. The molecule has 6 heteroatoms. The summed E-state index contributed by atoms with van der Waals surface area (Å²) in [6.45, 7) is 4.00. The average Bonchev–Trinajstić information content (AvgIpc) is 2.65. The van der Waals surface area contributed by atoms with Gasteiger partial charge in [-0.3, -0.25) is 14.5 Å². The molecular weight excluding hydrogens is 328 g/mol. The molecule has 0 spiro atoms. The topological polar surface area (TPSA) is 75.2 Å². The number of amides is 2. The molecule has 0 aliphatic carbocycles. The van der Waals surface area contributed by atoms with E-state index >= 15 is 0 Å². The van der Waals surface area contributed by atoms with E-state index in [0.717, 1.165) is 11.1 Å². The Bertz CT molecular complexity index is 852. The number of aromatic nitrogens is 2. The quantitative estimate of drug-likeness (QED) is 0.492. The van der Waals surface area contributed by atoms with Crippen LogP contribution in [0.3, 0.4) is 0 Å². The van der Waals surface area contributed by atoms with Crippen molar-refractivity contribution in [2.75, 3.05) is 18.9 Å². The van der Waals surface area contributed by atoms with Crippen molar-refractivity contribution in [2.24, 2.45) is 0 Å². The summed E-state index contributed by atoms with van der Waals surface area (Å²) in [6.07, 6.45) is 3.42. The molecule has 2 rings (SSSR count). The maximum atomic E-state index is 12.4. The molecule has 26 heavy (non-hydrogen) atoms. The Balaban J connectivity index is 1.94. The summed E-state index contributed by atoms with van der Waals surface area (Å²) in [6, 6.07) is 7.23. The van der Waals surface area contributed by atoms with E-state index in [4.69, 9.17) is 0 Å². The Morgan fingerprint density at radius 2 is 2.08 bits per heavy atom. The summed E-state index contributed by atoms with van der Waals surface area (Å²) in [7, 11) is 1.78. The summed E-state index contributed by atoms with van der Waals surface area (Å²) >= 11 is 0. The van der Waals surface area contributed by atoms with Crippen molar-refractivity contribution >= 4 is 18.1 Å². The highest BCUT2D eigenvalue weighted by Crippen LogP contribution is 2.11. The first-order valence-corrected chi connectivity index (χ1v) is 8.39. The standard InChI is InChI=1S/C20H22N4O2/c1-15-9-6-7-11-18(15)20(26)24(14-25)12-8-4-5-10-17-13-22-16(2)23-19(17)21-3/h6-7,9,11,13-14H,4,8,12H2,1-3H3,(H,21,22,23). The van der Waals surface area contributed by atoms with Crippen LogP contribution in [-0.4, -0.2) is 40.8 Å². The van der Waals surface area contributed by atoms with Crippen LogP contribution in [0.25, 0.3) is 0 Å². The van der Waals surface area contributed by atoms with Gasteiger partial charge in [-0.05, 0) is 31.9 Å². The average molecular weight is 350 g/mol. The molecule has 134 valence electrons. The van der Waals surface area contributed by atoms with Crippen LogP contribution in [0.5, 0.6) is 0 Å². The SMILES string of the molecule is CNc1nc(C)ncc1C#CCCCN(C=O)C(=O)c1ccccc1C. The van der Waals surface area contributed by atoms with Crippen molar-refractivity contribution in [3.05, 3.63) is 53.0 Å². The third-order valence-electron chi connectivity index (χ3n) is 3.83. The Kier molecular flexibility index (Phi) is 6.86. The van der Waals surface area contributed by atoms with Gasteiger partial charge in [-0.15, -0.1) is 0 Å². The van der Waals surface area contributed by atoms with E-state index in [1.165, 1.54) is 4.90 Å². The number of rotatable bonds is 6. The fourth-order valence-corrected chi connectivity index (χ4v) is 2.42. The zero-order chi connectivity index (χ0) is 18.9. The van der Waals surface area contributed by atoms with Crippen molar-refractivity contribution in [1.29, 1.82) is 0 Å². The number of aryl methyl sites for hydroxylation is 2. The Morgan fingerprint density at radius 3 is 2.77 bits per heavy atom. The molecule has 6 nitrogen and oxygen atoms in total. The molecule has 0 saturated carbocycles. The normalized spacial score (nSPS) is 9.81. The second-order valence-electron chi connectivity index (χ2n) is 5.75. The Labute approximate surface area is 153 Å². The van der Waals surface area contributed by atoms with E-state index in [9.17, 15) is 9.59 Å². The third kappa shape index (κ3) is 4.90. The van der Waals surface area contributed by atoms with E-state index in [1.807, 2.05) is 26.0 Å². The van der Waals surface area contributed by atoms with Crippen molar-refractivity contribution in [2.45, 2.75) is 26.7 Å². The van der Waals surface area contributed by atoms with Gasteiger partial charge < -0.3 is 5.32 Å². The highest BCUT2D eigenvalue weighted by molar-refractivity contribution is 6.00. The number of hydrogen-bond donors (Lipinski definition) is 1. The summed E-state index contributed by atoms with van der Waals surface area (Å²) in [4.78, 5) is 33.3. The van der Waals surface area contributed by atoms with Gasteiger partial charge in [0.25, 0.3) is 5.91 Å². The van der Waals surface area contributed by atoms with Crippen LogP contribution in [0.1, 0.15) is 40.2 Å². The molecule has 1 aromatic heterocycles.